The van der Waals surface area contributed by atoms with Gasteiger partial charge < -0.3 is 10.4 Å². The standard InChI is InChI=1S/C11H21NO/c1-5-8(2)7-12-9-6-10(13)11(9,3)4/h9-10,12-13H,2,5-7H2,1,3-4H3. The summed E-state index contributed by atoms with van der Waals surface area (Å²) in [5, 5.41) is 12.9. The molecule has 0 aliphatic heterocycles. The van der Waals surface area contributed by atoms with E-state index >= 15 is 0 Å². The van der Waals surface area contributed by atoms with E-state index < -0.39 is 0 Å². The molecular formula is C11H21NO. The van der Waals surface area contributed by atoms with Crippen molar-refractivity contribution in [2.75, 3.05) is 6.54 Å². The molecule has 13 heavy (non-hydrogen) atoms. The molecule has 1 rings (SSSR count). The molecule has 2 atom stereocenters. The topological polar surface area (TPSA) is 32.3 Å². The van der Waals surface area contributed by atoms with Crippen molar-refractivity contribution in [1.29, 1.82) is 0 Å². The second-order valence-corrected chi connectivity index (χ2v) is 4.61. The first kappa shape index (κ1) is 10.7. The van der Waals surface area contributed by atoms with Gasteiger partial charge in [0.15, 0.2) is 0 Å². The molecule has 2 nitrogen and oxygen atoms in total. The summed E-state index contributed by atoms with van der Waals surface area (Å²) >= 11 is 0. The Morgan fingerprint density at radius 3 is 2.62 bits per heavy atom. The third kappa shape index (κ3) is 2.12. The molecule has 2 heteroatoms. The summed E-state index contributed by atoms with van der Waals surface area (Å²) in [7, 11) is 0. The van der Waals surface area contributed by atoms with Gasteiger partial charge in [-0.15, -0.1) is 0 Å². The van der Waals surface area contributed by atoms with E-state index in [4.69, 9.17) is 0 Å². The first-order chi connectivity index (χ1) is 5.98. The predicted molar refractivity (Wildman–Crippen MR) is 55.6 cm³/mol. The van der Waals surface area contributed by atoms with Gasteiger partial charge in [-0.3, -0.25) is 0 Å². The Hall–Kier alpha value is -0.340. The van der Waals surface area contributed by atoms with Crippen LogP contribution in [0.1, 0.15) is 33.6 Å². The highest BCUT2D eigenvalue weighted by atomic mass is 16.3. The summed E-state index contributed by atoms with van der Waals surface area (Å²) in [6.07, 6.45) is 1.77. The van der Waals surface area contributed by atoms with Gasteiger partial charge in [0.05, 0.1) is 6.10 Å². The van der Waals surface area contributed by atoms with E-state index in [1.54, 1.807) is 0 Å². The molecule has 76 valence electrons. The molecule has 2 unspecified atom stereocenters. The van der Waals surface area contributed by atoms with E-state index in [0.717, 1.165) is 19.4 Å². The molecule has 0 amide bonds. The Balaban J connectivity index is 2.29. The van der Waals surface area contributed by atoms with Gasteiger partial charge in [-0.2, -0.15) is 0 Å². The maximum absolute atomic E-state index is 9.51. The number of hydrogen-bond donors (Lipinski definition) is 2. The molecule has 1 fully saturated rings. The van der Waals surface area contributed by atoms with E-state index in [2.05, 4.69) is 32.7 Å². The van der Waals surface area contributed by atoms with Gasteiger partial charge in [0.2, 0.25) is 0 Å². The van der Waals surface area contributed by atoms with Crippen LogP contribution in [0.4, 0.5) is 0 Å². The lowest BCUT2D eigenvalue weighted by atomic mass is 9.64. The lowest BCUT2D eigenvalue weighted by molar-refractivity contribution is -0.0714. The van der Waals surface area contributed by atoms with Crippen molar-refractivity contribution in [3.05, 3.63) is 12.2 Å². The van der Waals surface area contributed by atoms with E-state index in [1.807, 2.05) is 0 Å². The Labute approximate surface area is 81.0 Å². The van der Waals surface area contributed by atoms with Crippen LogP contribution in [0.3, 0.4) is 0 Å². The maximum Gasteiger partial charge on any atom is 0.0621 e. The number of hydrogen-bond acceptors (Lipinski definition) is 2. The smallest absolute Gasteiger partial charge is 0.0621 e. The van der Waals surface area contributed by atoms with Crippen LogP contribution in [-0.2, 0) is 0 Å². The zero-order valence-electron chi connectivity index (χ0n) is 8.93. The molecule has 0 aromatic carbocycles. The molecule has 0 aromatic rings. The van der Waals surface area contributed by atoms with Crippen molar-refractivity contribution in [1.82, 2.24) is 5.32 Å². The largest absolute Gasteiger partial charge is 0.392 e. The normalized spacial score (nSPS) is 31.1. The van der Waals surface area contributed by atoms with Crippen LogP contribution >= 0.6 is 0 Å². The number of aliphatic hydroxyl groups excluding tert-OH is 1. The van der Waals surface area contributed by atoms with Gasteiger partial charge >= 0.3 is 0 Å². The van der Waals surface area contributed by atoms with Crippen molar-refractivity contribution in [3.8, 4) is 0 Å². The molecule has 1 aliphatic carbocycles. The van der Waals surface area contributed by atoms with Gasteiger partial charge in [-0.05, 0) is 12.8 Å². The Bertz CT molecular complexity index is 198. The average molecular weight is 183 g/mol. The number of rotatable bonds is 4. The minimum atomic E-state index is -0.139. The summed E-state index contributed by atoms with van der Waals surface area (Å²) in [6.45, 7) is 11.2. The summed E-state index contributed by atoms with van der Waals surface area (Å²) in [4.78, 5) is 0. The molecule has 0 bridgehead atoms. The van der Waals surface area contributed by atoms with Gasteiger partial charge in [0, 0.05) is 18.0 Å². The van der Waals surface area contributed by atoms with Gasteiger partial charge in [-0.25, -0.2) is 0 Å². The van der Waals surface area contributed by atoms with Crippen molar-refractivity contribution >= 4 is 0 Å². The van der Waals surface area contributed by atoms with Gasteiger partial charge in [-0.1, -0.05) is 32.9 Å². The highest BCUT2D eigenvalue weighted by molar-refractivity contribution is 5.04. The molecule has 0 heterocycles. The van der Waals surface area contributed by atoms with Crippen LogP contribution < -0.4 is 5.32 Å². The molecule has 0 radical (unpaired) electrons. The Kier molecular flexibility index (Phi) is 3.14. The fourth-order valence-corrected chi connectivity index (χ4v) is 1.64. The van der Waals surface area contributed by atoms with E-state index in [1.165, 1.54) is 5.57 Å². The van der Waals surface area contributed by atoms with Crippen LogP contribution in [-0.4, -0.2) is 23.8 Å². The van der Waals surface area contributed by atoms with Crippen LogP contribution in [0.5, 0.6) is 0 Å². The molecule has 2 N–H and O–H groups in total. The van der Waals surface area contributed by atoms with Crippen molar-refractivity contribution in [2.24, 2.45) is 5.41 Å². The van der Waals surface area contributed by atoms with Crippen molar-refractivity contribution in [2.45, 2.75) is 45.8 Å². The van der Waals surface area contributed by atoms with Gasteiger partial charge in [0.25, 0.3) is 0 Å². The molecule has 0 saturated heterocycles. The van der Waals surface area contributed by atoms with E-state index in [9.17, 15) is 5.11 Å². The highest BCUT2D eigenvalue weighted by Crippen LogP contribution is 2.40. The van der Waals surface area contributed by atoms with Crippen LogP contribution in [0.2, 0.25) is 0 Å². The number of aliphatic hydroxyl groups is 1. The molecule has 0 spiro atoms. The van der Waals surface area contributed by atoms with Crippen LogP contribution in [0, 0.1) is 5.41 Å². The maximum atomic E-state index is 9.51. The first-order valence-electron chi connectivity index (χ1n) is 5.06. The van der Waals surface area contributed by atoms with E-state index in [-0.39, 0.29) is 11.5 Å². The zero-order chi connectivity index (χ0) is 10.1. The summed E-state index contributed by atoms with van der Waals surface area (Å²) in [5.74, 6) is 0. The quantitative estimate of drug-likeness (QED) is 0.650. The SMILES string of the molecule is C=C(CC)CNC1CC(O)C1(C)C. The molecule has 1 aliphatic rings. The second kappa shape index (κ2) is 3.81. The second-order valence-electron chi connectivity index (χ2n) is 4.61. The predicted octanol–water partition coefficient (Wildman–Crippen LogP) is 1.70. The third-order valence-electron chi connectivity index (χ3n) is 3.31. The fraction of sp³-hybridized carbons (Fsp3) is 0.818. The minimum Gasteiger partial charge on any atom is -0.392 e. The minimum absolute atomic E-state index is 0.0357. The molecule has 1 saturated carbocycles. The lowest BCUT2D eigenvalue weighted by Crippen LogP contribution is -2.60. The summed E-state index contributed by atoms with van der Waals surface area (Å²) in [5.41, 5.74) is 1.27. The average Bonchev–Trinajstić information content (AvgIpc) is 2.11. The van der Waals surface area contributed by atoms with Gasteiger partial charge in [0.1, 0.15) is 0 Å². The van der Waals surface area contributed by atoms with E-state index in [0.29, 0.717) is 6.04 Å². The van der Waals surface area contributed by atoms with Crippen LogP contribution in [0.25, 0.3) is 0 Å². The molecular weight excluding hydrogens is 162 g/mol. The monoisotopic (exact) mass is 183 g/mol. The van der Waals surface area contributed by atoms with Crippen LogP contribution in [0.15, 0.2) is 12.2 Å². The summed E-state index contributed by atoms with van der Waals surface area (Å²) < 4.78 is 0. The summed E-state index contributed by atoms with van der Waals surface area (Å²) in [6, 6.07) is 0.450. The van der Waals surface area contributed by atoms with Crippen molar-refractivity contribution in [3.63, 3.8) is 0 Å². The number of nitrogens with one attached hydrogen (secondary N) is 1. The zero-order valence-corrected chi connectivity index (χ0v) is 8.93. The highest BCUT2D eigenvalue weighted by Gasteiger charge is 2.46. The Morgan fingerprint density at radius 2 is 2.23 bits per heavy atom. The first-order valence-corrected chi connectivity index (χ1v) is 5.06. The molecule has 0 aromatic heterocycles. The van der Waals surface area contributed by atoms with Crippen molar-refractivity contribution < 1.29 is 5.11 Å². The lowest BCUT2D eigenvalue weighted by Gasteiger charge is -2.49. The Morgan fingerprint density at radius 1 is 1.62 bits per heavy atom. The third-order valence-corrected chi connectivity index (χ3v) is 3.31. The fourth-order valence-electron chi connectivity index (χ4n) is 1.64.